The predicted molar refractivity (Wildman–Crippen MR) is 132 cm³/mol. The molecule has 0 unspecified atom stereocenters. The van der Waals surface area contributed by atoms with Crippen LogP contribution in [0.1, 0.15) is 22.3 Å². The van der Waals surface area contributed by atoms with E-state index in [9.17, 15) is 4.79 Å². The molecule has 5 aromatic rings. The zero-order valence-corrected chi connectivity index (χ0v) is 18.3. The summed E-state index contributed by atoms with van der Waals surface area (Å²) in [5.41, 5.74) is 9.13. The van der Waals surface area contributed by atoms with Crippen LogP contribution < -0.4 is 10.4 Å². The second-order valence-electron chi connectivity index (χ2n) is 8.52. The number of ether oxygens (including phenoxy) is 1. The Morgan fingerprint density at radius 1 is 0.758 bits per heavy atom. The van der Waals surface area contributed by atoms with E-state index in [0.29, 0.717) is 16.9 Å². The normalized spacial score (nSPS) is 11.9. The highest BCUT2D eigenvalue weighted by atomic mass is 16.5. The Morgan fingerprint density at radius 3 is 2.33 bits per heavy atom. The zero-order valence-electron chi connectivity index (χ0n) is 18.3. The van der Waals surface area contributed by atoms with Crippen LogP contribution in [0.3, 0.4) is 0 Å². The van der Waals surface area contributed by atoms with E-state index >= 15 is 0 Å². The molecule has 0 saturated heterocycles. The monoisotopic (exact) mass is 430 g/mol. The lowest BCUT2D eigenvalue weighted by molar-refractivity contribution is 0.414. The Kier molecular flexibility index (Phi) is 4.62. The highest BCUT2D eigenvalue weighted by Gasteiger charge is 2.24. The summed E-state index contributed by atoms with van der Waals surface area (Å²) < 4.78 is 11.0. The van der Waals surface area contributed by atoms with Crippen LogP contribution in [0.4, 0.5) is 0 Å². The summed E-state index contributed by atoms with van der Waals surface area (Å²) in [6, 6.07) is 30.9. The van der Waals surface area contributed by atoms with Gasteiger partial charge >= 0.3 is 5.63 Å². The van der Waals surface area contributed by atoms with E-state index in [0.717, 1.165) is 23.8 Å². The fourth-order valence-electron chi connectivity index (χ4n) is 4.87. The van der Waals surface area contributed by atoms with Gasteiger partial charge < -0.3 is 9.15 Å². The third-order valence-electron chi connectivity index (χ3n) is 6.47. The molecular formula is C30H22O3. The van der Waals surface area contributed by atoms with Gasteiger partial charge in [0.2, 0.25) is 0 Å². The summed E-state index contributed by atoms with van der Waals surface area (Å²) in [5.74, 6) is 0.666. The van der Waals surface area contributed by atoms with Gasteiger partial charge in [-0.25, -0.2) is 4.79 Å². The van der Waals surface area contributed by atoms with Gasteiger partial charge in [0.1, 0.15) is 11.3 Å². The average molecular weight is 431 g/mol. The largest absolute Gasteiger partial charge is 0.497 e. The average Bonchev–Trinajstić information content (AvgIpc) is 3.22. The summed E-state index contributed by atoms with van der Waals surface area (Å²) in [5, 5.41) is 0.878. The number of benzene rings is 4. The first-order chi connectivity index (χ1) is 16.2. The van der Waals surface area contributed by atoms with Crippen LogP contribution in [0.2, 0.25) is 0 Å². The molecule has 6 rings (SSSR count). The highest BCUT2D eigenvalue weighted by molar-refractivity contribution is 5.88. The quantitative estimate of drug-likeness (QED) is 0.295. The molecule has 1 aliphatic rings. The smallest absolute Gasteiger partial charge is 0.344 e. The van der Waals surface area contributed by atoms with Gasteiger partial charge in [-0.05, 0) is 70.0 Å². The second kappa shape index (κ2) is 7.79. The van der Waals surface area contributed by atoms with E-state index in [2.05, 4.69) is 60.7 Å². The first-order valence-corrected chi connectivity index (χ1v) is 11.1. The van der Waals surface area contributed by atoms with E-state index in [-0.39, 0.29) is 5.63 Å². The number of rotatable bonds is 4. The van der Waals surface area contributed by atoms with Gasteiger partial charge in [-0.15, -0.1) is 0 Å². The van der Waals surface area contributed by atoms with Gasteiger partial charge in [-0.2, -0.15) is 0 Å². The molecule has 1 aromatic heterocycles. The SMILES string of the molecule is COc1ccc2cc(-c3cc(Cc4ccccc4)cc4c3Cc3ccccc3-4)c(=O)oc2c1. The minimum atomic E-state index is -0.328. The van der Waals surface area contributed by atoms with Crippen LogP contribution >= 0.6 is 0 Å². The van der Waals surface area contributed by atoms with Crippen LogP contribution in [0.25, 0.3) is 33.2 Å². The van der Waals surface area contributed by atoms with Crippen molar-refractivity contribution in [1.82, 2.24) is 0 Å². The van der Waals surface area contributed by atoms with Gasteiger partial charge in [-0.1, -0.05) is 66.7 Å². The van der Waals surface area contributed by atoms with E-state index < -0.39 is 0 Å². The van der Waals surface area contributed by atoms with Gasteiger partial charge in [0.25, 0.3) is 0 Å². The lowest BCUT2D eigenvalue weighted by Crippen LogP contribution is -2.05. The molecule has 160 valence electrons. The van der Waals surface area contributed by atoms with Crippen LogP contribution in [-0.4, -0.2) is 7.11 Å². The minimum Gasteiger partial charge on any atom is -0.497 e. The molecule has 0 atom stereocenters. The fourth-order valence-corrected chi connectivity index (χ4v) is 4.87. The Balaban J connectivity index is 1.56. The topological polar surface area (TPSA) is 39.4 Å². The third kappa shape index (κ3) is 3.42. The summed E-state index contributed by atoms with van der Waals surface area (Å²) in [6.07, 6.45) is 1.62. The molecule has 0 saturated carbocycles. The molecule has 0 bridgehead atoms. The molecule has 1 aliphatic carbocycles. The Bertz CT molecular complexity index is 1560. The second-order valence-corrected chi connectivity index (χ2v) is 8.52. The van der Waals surface area contributed by atoms with Crippen molar-refractivity contribution in [3.05, 3.63) is 124 Å². The molecule has 3 heteroatoms. The van der Waals surface area contributed by atoms with Crippen LogP contribution in [0, 0.1) is 0 Å². The first kappa shape index (κ1) is 19.6. The summed E-state index contributed by atoms with van der Waals surface area (Å²) in [4.78, 5) is 13.2. The van der Waals surface area contributed by atoms with Crippen molar-refractivity contribution in [2.45, 2.75) is 12.8 Å². The lowest BCUT2D eigenvalue weighted by Gasteiger charge is -2.13. The summed E-state index contributed by atoms with van der Waals surface area (Å²) >= 11 is 0. The first-order valence-electron chi connectivity index (χ1n) is 11.1. The summed E-state index contributed by atoms with van der Waals surface area (Å²) in [6.45, 7) is 0. The highest BCUT2D eigenvalue weighted by Crippen LogP contribution is 2.42. The van der Waals surface area contributed by atoms with Crippen LogP contribution in [0.5, 0.6) is 5.75 Å². The maximum Gasteiger partial charge on any atom is 0.344 e. The van der Waals surface area contributed by atoms with Crippen LogP contribution in [-0.2, 0) is 12.8 Å². The number of fused-ring (bicyclic) bond motifs is 4. The molecule has 1 heterocycles. The molecule has 3 nitrogen and oxygen atoms in total. The van der Waals surface area contributed by atoms with Crippen LogP contribution in [0.15, 0.2) is 100 Å². The fraction of sp³-hybridized carbons (Fsp3) is 0.100. The van der Waals surface area contributed by atoms with Crippen molar-refractivity contribution in [3.8, 4) is 28.0 Å². The van der Waals surface area contributed by atoms with E-state index in [1.807, 2.05) is 24.3 Å². The lowest BCUT2D eigenvalue weighted by atomic mass is 9.91. The van der Waals surface area contributed by atoms with Gasteiger partial charge in [0, 0.05) is 11.5 Å². The molecule has 0 spiro atoms. The van der Waals surface area contributed by atoms with Crippen molar-refractivity contribution in [2.75, 3.05) is 7.11 Å². The Morgan fingerprint density at radius 2 is 1.52 bits per heavy atom. The minimum absolute atomic E-state index is 0.328. The molecule has 0 amide bonds. The van der Waals surface area contributed by atoms with Gasteiger partial charge in [0.15, 0.2) is 0 Å². The Hall–Kier alpha value is -4.11. The zero-order chi connectivity index (χ0) is 22.4. The van der Waals surface area contributed by atoms with E-state index in [1.165, 1.54) is 33.4 Å². The van der Waals surface area contributed by atoms with Crippen molar-refractivity contribution < 1.29 is 9.15 Å². The number of methoxy groups -OCH3 is 1. The maximum atomic E-state index is 13.2. The number of hydrogen-bond donors (Lipinski definition) is 0. The molecular weight excluding hydrogens is 408 g/mol. The maximum absolute atomic E-state index is 13.2. The third-order valence-corrected chi connectivity index (χ3v) is 6.47. The van der Waals surface area contributed by atoms with Crippen molar-refractivity contribution in [1.29, 1.82) is 0 Å². The predicted octanol–water partition coefficient (Wildman–Crippen LogP) is 6.63. The van der Waals surface area contributed by atoms with Gasteiger partial charge in [0.05, 0.1) is 12.7 Å². The molecule has 33 heavy (non-hydrogen) atoms. The molecule has 0 radical (unpaired) electrons. The van der Waals surface area contributed by atoms with Gasteiger partial charge in [-0.3, -0.25) is 0 Å². The van der Waals surface area contributed by atoms with Crippen molar-refractivity contribution in [3.63, 3.8) is 0 Å². The Labute approximate surface area is 191 Å². The van der Waals surface area contributed by atoms with E-state index in [1.54, 1.807) is 13.2 Å². The van der Waals surface area contributed by atoms with Crippen molar-refractivity contribution in [2.24, 2.45) is 0 Å². The molecule has 0 fully saturated rings. The van der Waals surface area contributed by atoms with Crippen molar-refractivity contribution >= 4 is 11.0 Å². The number of hydrogen-bond acceptors (Lipinski definition) is 3. The standard InChI is InChI=1S/C30H22O3/c1-32-23-12-11-22-17-28(30(31)33-29(22)18-23)26-15-20(13-19-7-3-2-4-8-19)14-25-24-10-6-5-9-21(24)16-27(25)26/h2-12,14-15,17-18H,13,16H2,1H3. The van der Waals surface area contributed by atoms with E-state index in [4.69, 9.17) is 9.15 Å². The molecule has 4 aromatic carbocycles. The molecule has 0 N–H and O–H groups in total. The summed E-state index contributed by atoms with van der Waals surface area (Å²) in [7, 11) is 1.60. The molecule has 0 aliphatic heterocycles.